The van der Waals surface area contributed by atoms with Gasteiger partial charge >= 0.3 is 39.8 Å². The Bertz CT molecular complexity index is 706. The molecule has 0 aromatic rings. The van der Waals surface area contributed by atoms with Crippen molar-refractivity contribution in [3.63, 3.8) is 0 Å². The predicted molar refractivity (Wildman–Crippen MR) is 73.3 cm³/mol. The van der Waals surface area contributed by atoms with Crippen LogP contribution in [0.2, 0.25) is 12.6 Å². The van der Waals surface area contributed by atoms with Gasteiger partial charge in [-0.3, -0.25) is 7.74 Å². The SMILES string of the molecule is CC(F)(F)CC(F)(F)CC[Si](C)(OS(=O)(=O)C(F)(F)F)OS(=O)(=O)C(F)(F)F. The second-order valence-electron chi connectivity index (χ2n) is 5.70. The first kappa shape index (κ1) is 27.3. The second kappa shape index (κ2) is 7.87. The van der Waals surface area contributed by atoms with Gasteiger partial charge in [-0.25, -0.2) is 17.6 Å². The van der Waals surface area contributed by atoms with E-state index in [1.54, 1.807) is 0 Å². The molecule has 0 radical (unpaired) electrons. The van der Waals surface area contributed by atoms with E-state index < -0.39 is 70.5 Å². The minimum Gasteiger partial charge on any atom is -0.277 e. The van der Waals surface area contributed by atoms with E-state index in [1.807, 2.05) is 0 Å². The van der Waals surface area contributed by atoms with Crippen molar-refractivity contribution in [3.8, 4) is 0 Å². The average molecular weight is 498 g/mol. The van der Waals surface area contributed by atoms with Gasteiger partial charge in [-0.2, -0.15) is 43.2 Å². The molecule has 0 aliphatic heterocycles. The summed E-state index contributed by atoms with van der Waals surface area (Å²) in [6.07, 6.45) is -4.15. The van der Waals surface area contributed by atoms with Gasteiger partial charge in [0, 0.05) is 6.42 Å². The normalized spacial score (nSPS) is 15.7. The van der Waals surface area contributed by atoms with Crippen LogP contribution in [0.1, 0.15) is 19.8 Å². The average Bonchev–Trinajstić information content (AvgIpc) is 2.29. The lowest BCUT2D eigenvalue weighted by Crippen LogP contribution is -2.48. The van der Waals surface area contributed by atoms with E-state index in [4.69, 9.17) is 0 Å². The van der Waals surface area contributed by atoms with Crippen LogP contribution in [0.4, 0.5) is 43.9 Å². The zero-order valence-corrected chi connectivity index (χ0v) is 16.3. The highest BCUT2D eigenvalue weighted by atomic mass is 32.2. The van der Waals surface area contributed by atoms with Crippen LogP contribution in [0, 0.1) is 0 Å². The summed E-state index contributed by atoms with van der Waals surface area (Å²) >= 11 is 0. The fraction of sp³-hybridized carbons (Fsp3) is 1.00. The van der Waals surface area contributed by atoms with Crippen LogP contribution in [0.3, 0.4) is 0 Å². The summed E-state index contributed by atoms with van der Waals surface area (Å²) in [5.41, 5.74) is -12.5. The lowest BCUT2D eigenvalue weighted by atomic mass is 10.1. The van der Waals surface area contributed by atoms with Crippen molar-refractivity contribution < 1.29 is 68.5 Å². The summed E-state index contributed by atoms with van der Waals surface area (Å²) < 4.78 is 177. The van der Waals surface area contributed by atoms with Crippen molar-refractivity contribution in [2.45, 2.75) is 55.2 Å². The maximum absolute atomic E-state index is 13.5. The molecule has 0 aromatic heterocycles. The Morgan fingerprint density at radius 3 is 1.32 bits per heavy atom. The zero-order valence-electron chi connectivity index (χ0n) is 13.7. The maximum Gasteiger partial charge on any atom is 0.522 e. The number of halogens is 10. The van der Waals surface area contributed by atoms with E-state index in [2.05, 4.69) is 7.74 Å². The summed E-state index contributed by atoms with van der Waals surface area (Å²) in [6.45, 7) is 0.0481. The van der Waals surface area contributed by atoms with Crippen molar-refractivity contribution >= 4 is 28.8 Å². The molecule has 0 rings (SSSR count). The summed E-state index contributed by atoms with van der Waals surface area (Å²) in [5.74, 6) is -8.44. The molecule has 0 unspecified atom stereocenters. The zero-order chi connectivity index (χ0) is 23.0. The highest BCUT2D eigenvalue weighted by Gasteiger charge is 2.58. The molecule has 0 heterocycles. The number of alkyl halides is 10. The van der Waals surface area contributed by atoms with Crippen molar-refractivity contribution in [1.82, 2.24) is 0 Å². The summed E-state index contributed by atoms with van der Waals surface area (Å²) in [5, 5.41) is 0. The molecule has 6 nitrogen and oxygen atoms in total. The minimum atomic E-state index is -6.76. The highest BCUT2D eigenvalue weighted by Crippen LogP contribution is 2.39. The number of hydrogen-bond acceptors (Lipinski definition) is 6. The monoisotopic (exact) mass is 498 g/mol. The first-order valence-corrected chi connectivity index (χ1v) is 12.0. The predicted octanol–water partition coefficient (Wildman–Crippen LogP) is 3.86. The van der Waals surface area contributed by atoms with Crippen LogP contribution >= 0.6 is 0 Å². The summed E-state index contributed by atoms with van der Waals surface area (Å²) in [4.78, 5) is 0. The van der Waals surface area contributed by atoms with E-state index in [-0.39, 0.29) is 13.5 Å². The third kappa shape index (κ3) is 8.37. The first-order valence-electron chi connectivity index (χ1n) is 6.62. The molecule has 28 heavy (non-hydrogen) atoms. The Hall–Kier alpha value is -0.663. The number of hydrogen-bond donors (Lipinski definition) is 0. The third-order valence-corrected chi connectivity index (χ3v) is 9.52. The summed E-state index contributed by atoms with van der Waals surface area (Å²) in [7, 11) is -19.3. The van der Waals surface area contributed by atoms with Crippen molar-refractivity contribution in [1.29, 1.82) is 0 Å². The van der Waals surface area contributed by atoms with Crippen LogP contribution in [0.25, 0.3) is 0 Å². The van der Waals surface area contributed by atoms with E-state index in [1.165, 1.54) is 0 Å². The fourth-order valence-corrected chi connectivity index (χ4v) is 7.93. The fourth-order valence-electron chi connectivity index (χ4n) is 1.61. The molecule has 19 heteroatoms. The van der Waals surface area contributed by atoms with Gasteiger partial charge in [-0.05, 0) is 19.5 Å². The molecule has 0 aromatic carbocycles. The molecule has 170 valence electrons. The molecule has 0 fully saturated rings. The molecule has 0 amide bonds. The van der Waals surface area contributed by atoms with Gasteiger partial charge in [-0.1, -0.05) is 0 Å². The molecule has 0 bridgehead atoms. The van der Waals surface area contributed by atoms with Gasteiger partial charge in [0.2, 0.25) is 0 Å². The third-order valence-electron chi connectivity index (χ3n) is 2.65. The Morgan fingerprint density at radius 2 is 1.07 bits per heavy atom. The van der Waals surface area contributed by atoms with E-state index in [0.29, 0.717) is 0 Å². The molecular formula is C9H12F10O6S2Si. The lowest BCUT2D eigenvalue weighted by molar-refractivity contribution is -0.103. The lowest BCUT2D eigenvalue weighted by Gasteiger charge is -2.28. The van der Waals surface area contributed by atoms with Gasteiger partial charge in [0.1, 0.15) is 0 Å². The Labute approximate surface area is 153 Å². The molecular weight excluding hydrogens is 486 g/mol. The van der Waals surface area contributed by atoms with Gasteiger partial charge in [0.15, 0.2) is 0 Å². The highest BCUT2D eigenvalue weighted by molar-refractivity contribution is 7.90. The molecule has 0 N–H and O–H groups in total. The Kier molecular flexibility index (Phi) is 7.69. The smallest absolute Gasteiger partial charge is 0.277 e. The quantitative estimate of drug-likeness (QED) is 0.273. The van der Waals surface area contributed by atoms with Gasteiger partial charge in [0.25, 0.3) is 11.8 Å². The topological polar surface area (TPSA) is 86.7 Å². The van der Waals surface area contributed by atoms with Crippen LogP contribution < -0.4 is 0 Å². The van der Waals surface area contributed by atoms with Gasteiger partial charge in [-0.15, -0.1) is 0 Å². The molecule has 0 aliphatic carbocycles. The van der Waals surface area contributed by atoms with Gasteiger partial charge < -0.3 is 0 Å². The first-order chi connectivity index (χ1) is 11.8. The molecule has 0 aliphatic rings. The van der Waals surface area contributed by atoms with E-state index in [9.17, 15) is 60.7 Å². The molecule has 0 atom stereocenters. The largest absolute Gasteiger partial charge is 0.522 e. The standard InChI is InChI=1S/C9H12F10O6S2Si/c1-6(10,11)5-7(12,13)3-4-28(2,24-26(20,21)8(14,15)16)25-27(22,23)9(17,18)19/h3-5H2,1-2H3. The number of rotatable bonds is 9. The van der Waals surface area contributed by atoms with E-state index in [0.717, 1.165) is 0 Å². The Morgan fingerprint density at radius 1 is 0.750 bits per heavy atom. The van der Waals surface area contributed by atoms with Crippen LogP contribution in [0.5, 0.6) is 0 Å². The molecule has 0 saturated heterocycles. The molecule has 0 spiro atoms. The van der Waals surface area contributed by atoms with Crippen LogP contribution in [0.15, 0.2) is 0 Å². The summed E-state index contributed by atoms with van der Waals surface area (Å²) in [6, 6.07) is -1.82. The van der Waals surface area contributed by atoms with Crippen molar-refractivity contribution in [3.05, 3.63) is 0 Å². The minimum absolute atomic E-state index is 0.0136. The molecule has 0 saturated carbocycles. The van der Waals surface area contributed by atoms with Crippen LogP contribution in [-0.4, -0.2) is 48.3 Å². The second-order valence-corrected chi connectivity index (χ2v) is 12.5. The Balaban J connectivity index is 5.89. The van der Waals surface area contributed by atoms with Crippen molar-refractivity contribution in [2.75, 3.05) is 0 Å². The van der Waals surface area contributed by atoms with Crippen LogP contribution in [-0.2, 0) is 28.0 Å². The van der Waals surface area contributed by atoms with Crippen molar-refractivity contribution in [2.24, 2.45) is 0 Å². The van der Waals surface area contributed by atoms with E-state index >= 15 is 0 Å². The van der Waals surface area contributed by atoms with Gasteiger partial charge in [0.05, 0.1) is 6.42 Å². The maximum atomic E-state index is 13.5.